The van der Waals surface area contributed by atoms with Crippen LogP contribution >= 0.6 is 0 Å². The zero-order valence-corrected chi connectivity index (χ0v) is 9.51. The summed E-state index contributed by atoms with van der Waals surface area (Å²) in [4.78, 5) is 0. The number of benzene rings is 1. The maximum atomic E-state index is 5.17. The number of rotatable bonds is 3. The smallest absolute Gasteiger partial charge is 0.247 e. The minimum absolute atomic E-state index is 0.433. The molecule has 3 rings (SSSR count). The second-order valence-corrected chi connectivity index (χ2v) is 4.15. The zero-order valence-electron chi connectivity index (χ0n) is 9.51. The SMILES string of the molecule is Cc1cc(-c2nnco2)ccc1NC1COC1. The fraction of sp³-hybridized carbons (Fsp3) is 0.333. The van der Waals surface area contributed by atoms with Gasteiger partial charge in [0.25, 0.3) is 0 Å². The summed E-state index contributed by atoms with van der Waals surface area (Å²) in [5, 5.41) is 11.0. The fourth-order valence-electron chi connectivity index (χ4n) is 1.80. The number of ether oxygens (including phenoxy) is 1. The van der Waals surface area contributed by atoms with Crippen LogP contribution in [-0.2, 0) is 4.74 Å². The molecule has 0 atom stereocenters. The molecule has 2 aromatic rings. The number of nitrogens with one attached hydrogen (secondary N) is 1. The van der Waals surface area contributed by atoms with E-state index in [2.05, 4.69) is 22.4 Å². The van der Waals surface area contributed by atoms with Crippen molar-refractivity contribution < 1.29 is 9.15 Å². The number of aryl methyl sites for hydroxylation is 1. The molecule has 0 aliphatic carbocycles. The van der Waals surface area contributed by atoms with Gasteiger partial charge in [0.15, 0.2) is 0 Å². The highest BCUT2D eigenvalue weighted by molar-refractivity contribution is 5.62. The van der Waals surface area contributed by atoms with E-state index >= 15 is 0 Å². The molecule has 1 aromatic carbocycles. The van der Waals surface area contributed by atoms with Crippen molar-refractivity contribution in [1.82, 2.24) is 10.2 Å². The molecular weight excluding hydrogens is 218 g/mol. The molecule has 0 bridgehead atoms. The van der Waals surface area contributed by atoms with Crippen LogP contribution in [-0.4, -0.2) is 29.5 Å². The van der Waals surface area contributed by atoms with E-state index in [1.54, 1.807) is 0 Å². The molecule has 17 heavy (non-hydrogen) atoms. The van der Waals surface area contributed by atoms with Gasteiger partial charge >= 0.3 is 0 Å². The maximum absolute atomic E-state index is 5.17. The number of nitrogens with zero attached hydrogens (tertiary/aromatic N) is 2. The molecule has 1 saturated heterocycles. The van der Waals surface area contributed by atoms with Crippen LogP contribution in [0.5, 0.6) is 0 Å². The molecule has 0 saturated carbocycles. The van der Waals surface area contributed by atoms with E-state index in [-0.39, 0.29) is 0 Å². The van der Waals surface area contributed by atoms with Crippen molar-refractivity contribution >= 4 is 5.69 Å². The van der Waals surface area contributed by atoms with Gasteiger partial charge < -0.3 is 14.5 Å². The summed E-state index contributed by atoms with van der Waals surface area (Å²) in [6, 6.07) is 6.48. The van der Waals surface area contributed by atoms with E-state index in [1.807, 2.05) is 18.2 Å². The topological polar surface area (TPSA) is 60.2 Å². The molecule has 1 aliphatic rings. The fourth-order valence-corrected chi connectivity index (χ4v) is 1.80. The Labute approximate surface area is 98.8 Å². The van der Waals surface area contributed by atoms with Crippen molar-refractivity contribution in [2.75, 3.05) is 18.5 Å². The summed E-state index contributed by atoms with van der Waals surface area (Å²) < 4.78 is 10.3. The molecular formula is C12H13N3O2. The van der Waals surface area contributed by atoms with Crippen LogP contribution in [0, 0.1) is 6.92 Å². The van der Waals surface area contributed by atoms with Gasteiger partial charge in [-0.1, -0.05) is 0 Å². The predicted molar refractivity (Wildman–Crippen MR) is 62.7 cm³/mol. The Hall–Kier alpha value is -1.88. The van der Waals surface area contributed by atoms with E-state index in [0.717, 1.165) is 30.0 Å². The van der Waals surface area contributed by atoms with Gasteiger partial charge in [0.1, 0.15) is 0 Å². The lowest BCUT2D eigenvalue weighted by molar-refractivity contribution is 0.0211. The second-order valence-electron chi connectivity index (χ2n) is 4.15. The van der Waals surface area contributed by atoms with Crippen molar-refractivity contribution in [3.63, 3.8) is 0 Å². The normalized spacial score (nSPS) is 15.6. The molecule has 0 spiro atoms. The monoisotopic (exact) mass is 231 g/mol. The van der Waals surface area contributed by atoms with Crippen LogP contribution in [0.2, 0.25) is 0 Å². The minimum Gasteiger partial charge on any atom is -0.423 e. The van der Waals surface area contributed by atoms with Crippen molar-refractivity contribution in [2.24, 2.45) is 0 Å². The average molecular weight is 231 g/mol. The van der Waals surface area contributed by atoms with Crippen LogP contribution in [0.4, 0.5) is 5.69 Å². The lowest BCUT2D eigenvalue weighted by Gasteiger charge is -2.28. The summed E-state index contributed by atoms with van der Waals surface area (Å²) in [5.74, 6) is 0.548. The van der Waals surface area contributed by atoms with E-state index in [0.29, 0.717) is 11.9 Å². The van der Waals surface area contributed by atoms with Gasteiger partial charge in [-0.05, 0) is 30.7 Å². The first-order valence-electron chi connectivity index (χ1n) is 5.54. The third-order valence-electron chi connectivity index (χ3n) is 2.83. The third-order valence-corrected chi connectivity index (χ3v) is 2.83. The molecule has 1 N–H and O–H groups in total. The predicted octanol–water partition coefficient (Wildman–Crippen LogP) is 1.86. The first-order valence-corrected chi connectivity index (χ1v) is 5.54. The number of hydrogen-bond acceptors (Lipinski definition) is 5. The molecule has 0 radical (unpaired) electrons. The maximum Gasteiger partial charge on any atom is 0.247 e. The molecule has 0 unspecified atom stereocenters. The highest BCUT2D eigenvalue weighted by atomic mass is 16.5. The Balaban J connectivity index is 1.83. The van der Waals surface area contributed by atoms with Gasteiger partial charge in [-0.2, -0.15) is 0 Å². The lowest BCUT2D eigenvalue weighted by atomic mass is 10.1. The molecule has 88 valence electrons. The van der Waals surface area contributed by atoms with E-state index < -0.39 is 0 Å². The van der Waals surface area contributed by atoms with Crippen LogP contribution in [0.15, 0.2) is 29.0 Å². The van der Waals surface area contributed by atoms with Gasteiger partial charge in [-0.3, -0.25) is 0 Å². The molecule has 1 aromatic heterocycles. The molecule has 5 heteroatoms. The quantitative estimate of drug-likeness (QED) is 0.873. The molecule has 1 aliphatic heterocycles. The largest absolute Gasteiger partial charge is 0.423 e. The van der Waals surface area contributed by atoms with Gasteiger partial charge in [-0.25, -0.2) is 0 Å². The first-order chi connectivity index (χ1) is 8.33. The van der Waals surface area contributed by atoms with Gasteiger partial charge in [0.2, 0.25) is 12.3 Å². The van der Waals surface area contributed by atoms with Crippen LogP contribution in [0.1, 0.15) is 5.56 Å². The van der Waals surface area contributed by atoms with Crippen molar-refractivity contribution in [2.45, 2.75) is 13.0 Å². The Morgan fingerprint density at radius 1 is 1.35 bits per heavy atom. The van der Waals surface area contributed by atoms with Gasteiger partial charge in [0.05, 0.1) is 19.3 Å². The summed E-state index contributed by atoms with van der Waals surface area (Å²) in [6.07, 6.45) is 1.34. The third kappa shape index (κ3) is 2.01. The van der Waals surface area contributed by atoms with Crippen LogP contribution in [0.3, 0.4) is 0 Å². The van der Waals surface area contributed by atoms with Crippen LogP contribution in [0.25, 0.3) is 11.5 Å². The highest BCUT2D eigenvalue weighted by Gasteiger charge is 2.18. The van der Waals surface area contributed by atoms with E-state index in [1.165, 1.54) is 6.39 Å². The first kappa shape index (κ1) is 10.3. The summed E-state index contributed by atoms with van der Waals surface area (Å²) >= 11 is 0. The zero-order chi connectivity index (χ0) is 11.7. The molecule has 5 nitrogen and oxygen atoms in total. The van der Waals surface area contributed by atoms with Crippen LogP contribution < -0.4 is 5.32 Å². The van der Waals surface area contributed by atoms with Crippen molar-refractivity contribution in [3.05, 3.63) is 30.2 Å². The number of anilines is 1. The molecule has 1 fully saturated rings. The summed E-state index contributed by atoms with van der Waals surface area (Å²) in [5.41, 5.74) is 3.23. The Morgan fingerprint density at radius 3 is 2.82 bits per heavy atom. The van der Waals surface area contributed by atoms with Crippen molar-refractivity contribution in [3.8, 4) is 11.5 Å². The standard InChI is InChI=1S/C12H13N3O2/c1-8-4-9(12-15-13-7-17-12)2-3-11(8)14-10-5-16-6-10/h2-4,7,10,14H,5-6H2,1H3. The number of hydrogen-bond donors (Lipinski definition) is 1. The Kier molecular flexibility index (Phi) is 2.53. The summed E-state index contributed by atoms with van der Waals surface area (Å²) in [7, 11) is 0. The van der Waals surface area contributed by atoms with Gasteiger partial charge in [0, 0.05) is 11.3 Å². The summed E-state index contributed by atoms with van der Waals surface area (Å²) in [6.45, 7) is 3.62. The van der Waals surface area contributed by atoms with E-state index in [4.69, 9.17) is 9.15 Å². The van der Waals surface area contributed by atoms with Crippen molar-refractivity contribution in [1.29, 1.82) is 0 Å². The van der Waals surface area contributed by atoms with E-state index in [9.17, 15) is 0 Å². The molecule has 2 heterocycles. The minimum atomic E-state index is 0.433. The van der Waals surface area contributed by atoms with Gasteiger partial charge in [-0.15, -0.1) is 10.2 Å². The second kappa shape index (κ2) is 4.18. The number of aromatic nitrogens is 2. The average Bonchev–Trinajstić information content (AvgIpc) is 2.78. The lowest BCUT2D eigenvalue weighted by Crippen LogP contribution is -2.40. The highest BCUT2D eigenvalue weighted by Crippen LogP contribution is 2.24. The Bertz CT molecular complexity index is 506. The molecule has 0 amide bonds. The Morgan fingerprint density at radius 2 is 2.24 bits per heavy atom.